The summed E-state index contributed by atoms with van der Waals surface area (Å²) >= 11 is 0. The zero-order valence-electron chi connectivity index (χ0n) is 14.3. The second-order valence-corrected chi connectivity index (χ2v) is 6.61. The molecule has 23 heavy (non-hydrogen) atoms. The van der Waals surface area contributed by atoms with Gasteiger partial charge >= 0.3 is 0 Å². The van der Waals surface area contributed by atoms with Crippen molar-refractivity contribution in [3.63, 3.8) is 0 Å². The van der Waals surface area contributed by atoms with Gasteiger partial charge in [-0.3, -0.25) is 9.58 Å². The summed E-state index contributed by atoms with van der Waals surface area (Å²) in [4.78, 5) is 2.60. The van der Waals surface area contributed by atoms with Crippen LogP contribution in [0.4, 0.5) is 0 Å². The van der Waals surface area contributed by atoms with Gasteiger partial charge in [-0.25, -0.2) is 0 Å². The molecule has 1 aromatic carbocycles. The first-order chi connectivity index (χ1) is 11.2. The largest absolute Gasteiger partial charge is 0.310 e. The average molecular weight is 312 g/mol. The molecule has 0 unspecified atom stereocenters. The van der Waals surface area contributed by atoms with Crippen LogP contribution in [0.2, 0.25) is 0 Å². The molecule has 4 nitrogen and oxygen atoms in total. The van der Waals surface area contributed by atoms with Gasteiger partial charge in [-0.15, -0.1) is 0 Å². The minimum Gasteiger partial charge on any atom is -0.310 e. The summed E-state index contributed by atoms with van der Waals surface area (Å²) in [5, 5.41) is 8.05. The smallest absolute Gasteiger partial charge is 0.0534 e. The van der Waals surface area contributed by atoms with Gasteiger partial charge in [-0.1, -0.05) is 30.3 Å². The van der Waals surface area contributed by atoms with Gasteiger partial charge in [-0.2, -0.15) is 5.10 Å². The maximum Gasteiger partial charge on any atom is 0.0534 e. The van der Waals surface area contributed by atoms with Gasteiger partial charge in [0.15, 0.2) is 0 Å². The topological polar surface area (TPSA) is 33.1 Å². The fourth-order valence-corrected chi connectivity index (χ4v) is 3.39. The van der Waals surface area contributed by atoms with Gasteiger partial charge in [-0.05, 0) is 32.3 Å². The lowest BCUT2D eigenvalue weighted by Gasteiger charge is -2.38. The van der Waals surface area contributed by atoms with Gasteiger partial charge < -0.3 is 5.32 Å². The zero-order valence-corrected chi connectivity index (χ0v) is 14.3. The van der Waals surface area contributed by atoms with E-state index in [2.05, 4.69) is 65.7 Å². The van der Waals surface area contributed by atoms with Crippen molar-refractivity contribution in [1.29, 1.82) is 0 Å². The predicted molar refractivity (Wildman–Crippen MR) is 94.1 cm³/mol. The van der Waals surface area contributed by atoms with E-state index >= 15 is 0 Å². The maximum atomic E-state index is 4.34. The molecular weight excluding hydrogens is 284 g/mol. The van der Waals surface area contributed by atoms with Crippen LogP contribution in [0.3, 0.4) is 0 Å². The normalized spacial score (nSPS) is 22.3. The Morgan fingerprint density at radius 3 is 2.74 bits per heavy atom. The number of benzene rings is 1. The van der Waals surface area contributed by atoms with Crippen molar-refractivity contribution in [2.75, 3.05) is 6.54 Å². The summed E-state index contributed by atoms with van der Waals surface area (Å²) in [6, 6.07) is 12.0. The van der Waals surface area contributed by atoms with E-state index in [1.165, 1.54) is 30.5 Å². The van der Waals surface area contributed by atoms with Crippen LogP contribution in [0.25, 0.3) is 0 Å². The van der Waals surface area contributed by atoms with E-state index in [0.717, 1.165) is 19.6 Å². The van der Waals surface area contributed by atoms with Crippen LogP contribution >= 0.6 is 0 Å². The molecule has 124 valence electrons. The summed E-state index contributed by atoms with van der Waals surface area (Å²) in [5.41, 5.74) is 2.70. The summed E-state index contributed by atoms with van der Waals surface area (Å²) in [7, 11) is 0. The molecule has 0 saturated carbocycles. The molecule has 1 aliphatic heterocycles. The van der Waals surface area contributed by atoms with E-state index in [1.807, 2.05) is 10.9 Å². The lowest BCUT2D eigenvalue weighted by Crippen LogP contribution is -2.46. The number of hydrogen-bond acceptors (Lipinski definition) is 3. The SMILES string of the molecule is CCn1cc(CN[C@H]2CCN(Cc3ccccc3)[C@@H](C)C2)cn1. The van der Waals surface area contributed by atoms with E-state index in [9.17, 15) is 0 Å². The van der Waals surface area contributed by atoms with E-state index in [0.29, 0.717) is 12.1 Å². The number of aromatic nitrogens is 2. The van der Waals surface area contributed by atoms with Crippen molar-refractivity contribution in [2.45, 2.75) is 58.4 Å². The number of rotatable bonds is 6. The predicted octanol–water partition coefficient (Wildman–Crippen LogP) is 3.05. The molecular formula is C19H28N4. The third-order valence-corrected chi connectivity index (χ3v) is 4.85. The van der Waals surface area contributed by atoms with Crippen LogP contribution in [-0.2, 0) is 19.6 Å². The van der Waals surface area contributed by atoms with Crippen molar-refractivity contribution < 1.29 is 0 Å². The molecule has 0 amide bonds. The standard InChI is InChI=1S/C19H28N4/c1-3-23-15-18(13-21-23)12-20-19-9-10-22(16(2)11-19)14-17-7-5-4-6-8-17/h4-8,13,15-16,19-20H,3,9-12,14H2,1-2H3/t16-,19-/m0/s1. The second-order valence-electron chi connectivity index (χ2n) is 6.61. The molecule has 1 aliphatic rings. The van der Waals surface area contributed by atoms with Gasteiger partial charge in [0, 0.05) is 50.0 Å². The van der Waals surface area contributed by atoms with Crippen molar-refractivity contribution in [3.05, 3.63) is 53.9 Å². The van der Waals surface area contributed by atoms with Gasteiger partial charge in [0.25, 0.3) is 0 Å². The third-order valence-electron chi connectivity index (χ3n) is 4.85. The van der Waals surface area contributed by atoms with E-state index in [-0.39, 0.29) is 0 Å². The molecule has 0 radical (unpaired) electrons. The summed E-state index contributed by atoms with van der Waals surface area (Å²) in [5.74, 6) is 0. The van der Waals surface area contributed by atoms with Crippen LogP contribution in [0.5, 0.6) is 0 Å². The molecule has 2 heterocycles. The van der Waals surface area contributed by atoms with Crippen LogP contribution in [0, 0.1) is 0 Å². The van der Waals surface area contributed by atoms with E-state index < -0.39 is 0 Å². The molecule has 2 aromatic rings. The number of piperidine rings is 1. The highest BCUT2D eigenvalue weighted by atomic mass is 15.3. The average Bonchev–Trinajstić information content (AvgIpc) is 3.04. The lowest BCUT2D eigenvalue weighted by atomic mass is 9.97. The fraction of sp³-hybridized carbons (Fsp3) is 0.526. The molecule has 3 rings (SSSR count). The molecule has 4 heteroatoms. The van der Waals surface area contributed by atoms with Crippen LogP contribution in [-0.4, -0.2) is 33.3 Å². The Morgan fingerprint density at radius 2 is 2.04 bits per heavy atom. The Morgan fingerprint density at radius 1 is 1.22 bits per heavy atom. The first kappa shape index (κ1) is 16.2. The minimum atomic E-state index is 0.613. The molecule has 1 N–H and O–H groups in total. The first-order valence-electron chi connectivity index (χ1n) is 8.77. The molecule has 1 saturated heterocycles. The van der Waals surface area contributed by atoms with Crippen LogP contribution < -0.4 is 5.32 Å². The van der Waals surface area contributed by atoms with Crippen molar-refractivity contribution in [2.24, 2.45) is 0 Å². The first-order valence-corrected chi connectivity index (χ1v) is 8.77. The number of aryl methyl sites for hydroxylation is 1. The fourth-order valence-electron chi connectivity index (χ4n) is 3.39. The highest BCUT2D eigenvalue weighted by molar-refractivity contribution is 5.14. The van der Waals surface area contributed by atoms with Gasteiger partial charge in [0.1, 0.15) is 0 Å². The summed E-state index contributed by atoms with van der Waals surface area (Å²) in [6.07, 6.45) is 6.55. The molecule has 0 spiro atoms. The molecule has 0 aliphatic carbocycles. The molecule has 2 atom stereocenters. The number of likely N-dealkylation sites (tertiary alicyclic amines) is 1. The van der Waals surface area contributed by atoms with E-state index in [4.69, 9.17) is 0 Å². The third kappa shape index (κ3) is 4.43. The summed E-state index contributed by atoms with van der Waals surface area (Å²) < 4.78 is 1.99. The molecule has 1 fully saturated rings. The second kappa shape index (κ2) is 7.75. The van der Waals surface area contributed by atoms with Gasteiger partial charge in [0.05, 0.1) is 6.20 Å². The van der Waals surface area contributed by atoms with Crippen molar-refractivity contribution in [3.8, 4) is 0 Å². The number of nitrogens with zero attached hydrogens (tertiary/aromatic N) is 3. The Hall–Kier alpha value is -1.65. The monoisotopic (exact) mass is 312 g/mol. The molecule has 0 bridgehead atoms. The highest BCUT2D eigenvalue weighted by Crippen LogP contribution is 2.20. The zero-order chi connectivity index (χ0) is 16.1. The van der Waals surface area contributed by atoms with Gasteiger partial charge in [0.2, 0.25) is 0 Å². The van der Waals surface area contributed by atoms with E-state index in [1.54, 1.807) is 0 Å². The number of hydrogen-bond donors (Lipinski definition) is 1. The Bertz CT molecular complexity index is 592. The minimum absolute atomic E-state index is 0.613. The quantitative estimate of drug-likeness (QED) is 0.890. The summed E-state index contributed by atoms with van der Waals surface area (Å²) in [6.45, 7) is 8.57. The van der Waals surface area contributed by atoms with Crippen molar-refractivity contribution in [1.82, 2.24) is 20.0 Å². The van der Waals surface area contributed by atoms with Crippen LogP contribution in [0.1, 0.15) is 37.8 Å². The Balaban J connectivity index is 1.46. The Labute approximate surface area is 139 Å². The lowest BCUT2D eigenvalue weighted by molar-refractivity contribution is 0.128. The van der Waals surface area contributed by atoms with Crippen molar-refractivity contribution >= 4 is 0 Å². The highest BCUT2D eigenvalue weighted by Gasteiger charge is 2.25. The molecule has 1 aromatic heterocycles. The Kier molecular flexibility index (Phi) is 5.47. The maximum absolute atomic E-state index is 4.34. The number of nitrogens with one attached hydrogen (secondary N) is 1. The van der Waals surface area contributed by atoms with Crippen LogP contribution in [0.15, 0.2) is 42.7 Å².